The molecule has 4 nitrogen and oxygen atoms in total. The van der Waals surface area contributed by atoms with Crippen LogP contribution in [0.25, 0.3) is 0 Å². The highest BCUT2D eigenvalue weighted by Gasteiger charge is 2.62. The molecule has 2 fully saturated rings. The SMILES string of the molecule is CC1(C)C2CN(C(=O)CCc3ccc(S(=O)(=O)F)cc3)CC21. The highest BCUT2D eigenvalue weighted by atomic mass is 32.3. The van der Waals surface area contributed by atoms with Crippen molar-refractivity contribution in [2.24, 2.45) is 17.3 Å². The number of carbonyl (C=O) groups excluding carboxylic acids is 1. The second kappa shape index (κ2) is 5.05. The minimum absolute atomic E-state index is 0.144. The van der Waals surface area contributed by atoms with Crippen LogP contribution in [0.15, 0.2) is 29.2 Å². The molecule has 0 aromatic heterocycles. The molecule has 1 aromatic rings. The number of halogens is 1. The molecule has 0 N–H and O–H groups in total. The lowest BCUT2D eigenvalue weighted by molar-refractivity contribution is -0.130. The van der Waals surface area contributed by atoms with Gasteiger partial charge in [-0.1, -0.05) is 26.0 Å². The summed E-state index contributed by atoms with van der Waals surface area (Å²) in [5, 5.41) is 0. The number of carbonyl (C=O) groups is 1. The van der Waals surface area contributed by atoms with E-state index in [1.807, 2.05) is 4.90 Å². The van der Waals surface area contributed by atoms with Crippen molar-refractivity contribution in [1.29, 1.82) is 0 Å². The molecule has 1 saturated heterocycles. The number of hydrogen-bond acceptors (Lipinski definition) is 3. The summed E-state index contributed by atoms with van der Waals surface area (Å²) in [7, 11) is -4.65. The fraction of sp³-hybridized carbons (Fsp3) is 0.562. The van der Waals surface area contributed by atoms with Gasteiger partial charge in [0.2, 0.25) is 5.91 Å². The van der Waals surface area contributed by atoms with E-state index in [4.69, 9.17) is 0 Å². The predicted octanol–water partition coefficient (Wildman–Crippen LogP) is 2.39. The van der Waals surface area contributed by atoms with E-state index < -0.39 is 10.2 Å². The van der Waals surface area contributed by atoms with Crippen molar-refractivity contribution in [2.45, 2.75) is 31.6 Å². The maximum absolute atomic E-state index is 12.8. The van der Waals surface area contributed by atoms with Crippen LogP contribution in [0.3, 0.4) is 0 Å². The first-order chi connectivity index (χ1) is 10.2. The zero-order chi connectivity index (χ0) is 16.1. The molecule has 0 radical (unpaired) electrons. The molecule has 1 heterocycles. The normalized spacial score (nSPS) is 25.9. The molecule has 1 saturated carbocycles. The number of aryl methyl sites for hydroxylation is 1. The van der Waals surface area contributed by atoms with Gasteiger partial charge in [-0.25, -0.2) is 0 Å². The summed E-state index contributed by atoms with van der Waals surface area (Å²) in [5.74, 6) is 1.43. The third-order valence-corrected chi connectivity index (χ3v) is 6.14. The van der Waals surface area contributed by atoms with E-state index in [1.165, 1.54) is 12.1 Å². The smallest absolute Gasteiger partial charge is 0.332 e. The van der Waals surface area contributed by atoms with E-state index in [9.17, 15) is 17.1 Å². The maximum atomic E-state index is 12.8. The Morgan fingerprint density at radius 2 is 1.77 bits per heavy atom. The predicted molar refractivity (Wildman–Crippen MR) is 80.4 cm³/mol. The molecule has 0 bridgehead atoms. The molecule has 2 atom stereocenters. The van der Waals surface area contributed by atoms with Crippen molar-refractivity contribution < 1.29 is 17.1 Å². The van der Waals surface area contributed by atoms with E-state index >= 15 is 0 Å². The molecule has 1 aromatic carbocycles. The number of benzene rings is 1. The quantitative estimate of drug-likeness (QED) is 0.799. The largest absolute Gasteiger partial charge is 0.342 e. The van der Waals surface area contributed by atoms with Crippen LogP contribution >= 0.6 is 0 Å². The number of hydrogen-bond donors (Lipinski definition) is 0. The fourth-order valence-corrected chi connectivity index (χ4v) is 4.02. The lowest BCUT2D eigenvalue weighted by atomic mass is 10.1. The average Bonchev–Trinajstić information content (AvgIpc) is 2.81. The van der Waals surface area contributed by atoms with Crippen LogP contribution in [0.5, 0.6) is 0 Å². The third-order valence-electron chi connectivity index (χ3n) is 5.31. The summed E-state index contributed by atoms with van der Waals surface area (Å²) in [6.07, 6.45) is 0.947. The van der Waals surface area contributed by atoms with E-state index in [2.05, 4.69) is 13.8 Å². The Hall–Kier alpha value is -1.43. The summed E-state index contributed by atoms with van der Waals surface area (Å²) < 4.78 is 34.3. The van der Waals surface area contributed by atoms with Crippen molar-refractivity contribution in [3.8, 4) is 0 Å². The monoisotopic (exact) mass is 325 g/mol. The summed E-state index contributed by atoms with van der Waals surface area (Å²) in [6.45, 7) is 6.22. The van der Waals surface area contributed by atoms with Gasteiger partial charge in [-0.05, 0) is 41.4 Å². The minimum Gasteiger partial charge on any atom is -0.342 e. The van der Waals surface area contributed by atoms with Crippen LogP contribution < -0.4 is 0 Å². The zero-order valence-electron chi connectivity index (χ0n) is 12.8. The van der Waals surface area contributed by atoms with E-state index in [0.717, 1.165) is 18.7 Å². The van der Waals surface area contributed by atoms with Gasteiger partial charge in [0.25, 0.3) is 0 Å². The van der Waals surface area contributed by atoms with Gasteiger partial charge < -0.3 is 4.90 Å². The van der Waals surface area contributed by atoms with Crippen LogP contribution in [0.2, 0.25) is 0 Å². The first-order valence-electron chi connectivity index (χ1n) is 7.51. The van der Waals surface area contributed by atoms with Crippen molar-refractivity contribution in [3.05, 3.63) is 29.8 Å². The molecule has 1 aliphatic carbocycles. The van der Waals surface area contributed by atoms with Gasteiger partial charge in [-0.2, -0.15) is 8.42 Å². The highest BCUT2D eigenvalue weighted by Crippen LogP contribution is 2.61. The van der Waals surface area contributed by atoms with Crippen LogP contribution in [-0.4, -0.2) is 32.3 Å². The van der Waals surface area contributed by atoms with E-state index in [-0.39, 0.29) is 10.8 Å². The highest BCUT2D eigenvalue weighted by molar-refractivity contribution is 7.86. The van der Waals surface area contributed by atoms with Crippen molar-refractivity contribution in [3.63, 3.8) is 0 Å². The Bertz CT molecular complexity index is 683. The Morgan fingerprint density at radius 1 is 1.23 bits per heavy atom. The Balaban J connectivity index is 1.52. The van der Waals surface area contributed by atoms with Crippen LogP contribution in [0, 0.1) is 17.3 Å². The van der Waals surface area contributed by atoms with Gasteiger partial charge in [-0.15, -0.1) is 3.89 Å². The number of piperidine rings is 1. The minimum atomic E-state index is -4.65. The van der Waals surface area contributed by atoms with Crippen molar-refractivity contribution >= 4 is 16.1 Å². The number of likely N-dealkylation sites (tertiary alicyclic amines) is 1. The van der Waals surface area contributed by atoms with E-state index in [1.54, 1.807) is 12.1 Å². The second-order valence-electron chi connectivity index (χ2n) is 6.91. The summed E-state index contributed by atoms with van der Waals surface area (Å²) in [4.78, 5) is 13.8. The van der Waals surface area contributed by atoms with Gasteiger partial charge in [0.1, 0.15) is 0 Å². The molecule has 120 valence electrons. The Morgan fingerprint density at radius 3 is 2.27 bits per heavy atom. The van der Waals surface area contributed by atoms with Gasteiger partial charge in [0, 0.05) is 19.5 Å². The van der Waals surface area contributed by atoms with E-state index in [0.29, 0.717) is 30.1 Å². The Labute approximate surface area is 130 Å². The molecule has 1 aliphatic heterocycles. The second-order valence-corrected chi connectivity index (χ2v) is 8.26. The van der Waals surface area contributed by atoms with Gasteiger partial charge >= 0.3 is 10.2 Å². The van der Waals surface area contributed by atoms with Gasteiger partial charge in [-0.3, -0.25) is 4.79 Å². The number of rotatable bonds is 4. The molecular formula is C16H20FNO3S. The lowest BCUT2D eigenvalue weighted by Gasteiger charge is -2.22. The van der Waals surface area contributed by atoms with Crippen LogP contribution in [0.1, 0.15) is 25.8 Å². The Kier molecular flexibility index (Phi) is 3.55. The average molecular weight is 325 g/mol. The molecule has 6 heteroatoms. The molecular weight excluding hydrogens is 305 g/mol. The topological polar surface area (TPSA) is 54.5 Å². The zero-order valence-corrected chi connectivity index (χ0v) is 13.6. The number of nitrogens with zero attached hydrogens (tertiary/aromatic N) is 1. The standard InChI is InChI=1S/C16H20FNO3S/c1-16(2)13-9-18(10-14(13)16)15(19)8-5-11-3-6-12(7-4-11)22(17,20)21/h3-4,6-7,13-14H,5,8-10H2,1-2H3. The molecule has 0 spiro atoms. The molecule has 1 amide bonds. The first-order valence-corrected chi connectivity index (χ1v) is 8.89. The summed E-state index contributed by atoms with van der Waals surface area (Å²) >= 11 is 0. The van der Waals surface area contributed by atoms with Crippen molar-refractivity contribution in [1.82, 2.24) is 4.90 Å². The molecule has 3 rings (SSSR count). The molecule has 22 heavy (non-hydrogen) atoms. The summed E-state index contributed by atoms with van der Waals surface area (Å²) in [6, 6.07) is 5.60. The molecule has 2 unspecified atom stereocenters. The number of fused-ring (bicyclic) bond motifs is 1. The van der Waals surface area contributed by atoms with Gasteiger partial charge in [0.05, 0.1) is 4.90 Å². The van der Waals surface area contributed by atoms with Crippen LogP contribution in [0.4, 0.5) is 3.89 Å². The third kappa shape index (κ3) is 2.76. The lowest BCUT2D eigenvalue weighted by Crippen LogP contribution is -2.32. The maximum Gasteiger partial charge on any atom is 0.332 e. The summed E-state index contributed by atoms with van der Waals surface area (Å²) in [5.41, 5.74) is 1.23. The van der Waals surface area contributed by atoms with Gasteiger partial charge in [0.15, 0.2) is 0 Å². The molecule has 2 aliphatic rings. The first kappa shape index (κ1) is 15.5. The fourth-order valence-electron chi connectivity index (χ4n) is 3.56. The van der Waals surface area contributed by atoms with Crippen molar-refractivity contribution in [2.75, 3.05) is 13.1 Å². The van der Waals surface area contributed by atoms with Crippen LogP contribution in [-0.2, 0) is 21.4 Å². The number of amides is 1.